The lowest BCUT2D eigenvalue weighted by molar-refractivity contribution is 0.601. The standard InChI is InChI=1S/C13H7Cl2IN2O2S/c14-9-2-4-13(12(16)5-9)18-21(19,20)10-3-1-8(7-17)11(15)6-10/h1-6,18H. The van der Waals surface area contributed by atoms with E-state index in [-0.39, 0.29) is 15.5 Å². The van der Waals surface area contributed by atoms with Crippen LogP contribution in [0.2, 0.25) is 10.0 Å². The average Bonchev–Trinajstić information content (AvgIpc) is 2.42. The molecular formula is C13H7Cl2IN2O2S. The van der Waals surface area contributed by atoms with E-state index in [2.05, 4.69) is 4.72 Å². The Kier molecular flexibility index (Phi) is 4.99. The van der Waals surface area contributed by atoms with Crippen LogP contribution in [0.4, 0.5) is 5.69 Å². The summed E-state index contributed by atoms with van der Waals surface area (Å²) in [6, 6.07) is 10.6. The van der Waals surface area contributed by atoms with Gasteiger partial charge < -0.3 is 0 Å². The first-order valence-electron chi connectivity index (χ1n) is 5.51. The first kappa shape index (κ1) is 16.4. The van der Waals surface area contributed by atoms with Gasteiger partial charge >= 0.3 is 0 Å². The van der Waals surface area contributed by atoms with E-state index in [1.807, 2.05) is 28.7 Å². The normalized spacial score (nSPS) is 11.0. The Morgan fingerprint density at radius 2 is 1.86 bits per heavy atom. The quantitative estimate of drug-likeness (QED) is 0.707. The Morgan fingerprint density at radius 1 is 1.14 bits per heavy atom. The second-order valence-corrected chi connectivity index (χ2v) is 7.67. The van der Waals surface area contributed by atoms with Gasteiger partial charge in [0.1, 0.15) is 6.07 Å². The van der Waals surface area contributed by atoms with Crippen molar-refractivity contribution in [3.8, 4) is 6.07 Å². The molecule has 4 nitrogen and oxygen atoms in total. The van der Waals surface area contributed by atoms with Gasteiger partial charge in [0.15, 0.2) is 0 Å². The minimum absolute atomic E-state index is 0.0164. The summed E-state index contributed by atoms with van der Waals surface area (Å²) in [6.07, 6.45) is 0. The molecule has 0 saturated heterocycles. The molecule has 108 valence electrons. The zero-order chi connectivity index (χ0) is 15.6. The van der Waals surface area contributed by atoms with Crippen LogP contribution in [-0.4, -0.2) is 8.42 Å². The lowest BCUT2D eigenvalue weighted by atomic mass is 10.2. The van der Waals surface area contributed by atoms with Gasteiger partial charge in [0, 0.05) is 8.59 Å². The average molecular weight is 453 g/mol. The lowest BCUT2D eigenvalue weighted by Crippen LogP contribution is -2.13. The molecule has 0 saturated carbocycles. The van der Waals surface area contributed by atoms with Crippen molar-refractivity contribution in [1.29, 1.82) is 5.26 Å². The molecule has 0 aliphatic rings. The van der Waals surface area contributed by atoms with E-state index in [0.29, 0.717) is 14.3 Å². The van der Waals surface area contributed by atoms with Crippen LogP contribution in [0, 0.1) is 14.9 Å². The Morgan fingerprint density at radius 3 is 2.43 bits per heavy atom. The third kappa shape index (κ3) is 3.80. The zero-order valence-electron chi connectivity index (χ0n) is 10.3. The molecule has 8 heteroatoms. The molecule has 0 spiro atoms. The van der Waals surface area contributed by atoms with Gasteiger partial charge in [-0.2, -0.15) is 5.26 Å². The molecule has 21 heavy (non-hydrogen) atoms. The number of nitrogens with one attached hydrogen (secondary N) is 1. The van der Waals surface area contributed by atoms with Gasteiger partial charge in [0.25, 0.3) is 10.0 Å². The Balaban J connectivity index is 2.39. The van der Waals surface area contributed by atoms with Crippen molar-refractivity contribution < 1.29 is 8.42 Å². The molecule has 1 N–H and O–H groups in total. The smallest absolute Gasteiger partial charge is 0.261 e. The zero-order valence-corrected chi connectivity index (χ0v) is 14.8. The molecule has 0 aromatic heterocycles. The third-order valence-electron chi connectivity index (χ3n) is 2.55. The van der Waals surface area contributed by atoms with Gasteiger partial charge in [-0.3, -0.25) is 4.72 Å². The van der Waals surface area contributed by atoms with Gasteiger partial charge in [-0.05, 0) is 59.0 Å². The van der Waals surface area contributed by atoms with Crippen molar-refractivity contribution in [3.05, 3.63) is 55.6 Å². The molecule has 0 unspecified atom stereocenters. The van der Waals surface area contributed by atoms with Crippen LogP contribution in [-0.2, 0) is 10.0 Å². The maximum Gasteiger partial charge on any atom is 0.261 e. The van der Waals surface area contributed by atoms with Gasteiger partial charge in [-0.1, -0.05) is 23.2 Å². The maximum atomic E-state index is 12.3. The number of benzene rings is 2. The van der Waals surface area contributed by atoms with E-state index in [1.165, 1.54) is 18.2 Å². The number of hydrogen-bond acceptors (Lipinski definition) is 3. The second-order valence-electron chi connectivity index (χ2n) is 3.98. The van der Waals surface area contributed by atoms with Gasteiger partial charge in [0.05, 0.1) is 21.2 Å². The summed E-state index contributed by atoms with van der Waals surface area (Å²) in [7, 11) is -3.79. The molecule has 0 bridgehead atoms. The van der Waals surface area contributed by atoms with E-state index in [9.17, 15) is 8.42 Å². The third-order valence-corrected chi connectivity index (χ3v) is 5.35. The molecule has 0 radical (unpaired) electrons. The van der Waals surface area contributed by atoms with Crippen LogP contribution < -0.4 is 4.72 Å². The maximum absolute atomic E-state index is 12.3. The van der Waals surface area contributed by atoms with E-state index in [0.717, 1.165) is 0 Å². The molecule has 2 rings (SSSR count). The van der Waals surface area contributed by atoms with Crippen molar-refractivity contribution >= 4 is 61.5 Å². The van der Waals surface area contributed by atoms with E-state index in [4.69, 9.17) is 28.5 Å². The van der Waals surface area contributed by atoms with Gasteiger partial charge in [0.2, 0.25) is 0 Å². The topological polar surface area (TPSA) is 70.0 Å². The van der Waals surface area contributed by atoms with Crippen molar-refractivity contribution in [2.24, 2.45) is 0 Å². The summed E-state index contributed by atoms with van der Waals surface area (Å²) >= 11 is 13.7. The Hall–Kier alpha value is -1.01. The van der Waals surface area contributed by atoms with Crippen LogP contribution in [0.25, 0.3) is 0 Å². The predicted octanol–water partition coefficient (Wildman–Crippen LogP) is 4.27. The molecule has 0 heterocycles. The number of sulfonamides is 1. The Labute approximate surface area is 145 Å². The molecular weight excluding hydrogens is 446 g/mol. The highest BCUT2D eigenvalue weighted by atomic mass is 127. The first-order chi connectivity index (χ1) is 9.83. The number of nitrogens with zero attached hydrogens (tertiary/aromatic N) is 1. The number of anilines is 1. The summed E-state index contributed by atoms with van der Waals surface area (Å²) in [5, 5.41) is 9.40. The monoisotopic (exact) mass is 452 g/mol. The van der Waals surface area contributed by atoms with Crippen LogP contribution in [0.5, 0.6) is 0 Å². The van der Waals surface area contributed by atoms with Crippen LogP contribution in [0.1, 0.15) is 5.56 Å². The van der Waals surface area contributed by atoms with Crippen molar-refractivity contribution in [2.45, 2.75) is 4.90 Å². The highest BCUT2D eigenvalue weighted by Gasteiger charge is 2.17. The van der Waals surface area contributed by atoms with Crippen LogP contribution in [0.3, 0.4) is 0 Å². The molecule has 2 aromatic rings. The van der Waals surface area contributed by atoms with Gasteiger partial charge in [-0.15, -0.1) is 0 Å². The summed E-state index contributed by atoms with van der Waals surface area (Å²) in [5.74, 6) is 0. The molecule has 0 amide bonds. The number of nitriles is 1. The van der Waals surface area contributed by atoms with E-state index in [1.54, 1.807) is 18.2 Å². The Bertz CT molecular complexity index is 848. The van der Waals surface area contributed by atoms with Crippen LogP contribution in [0.15, 0.2) is 41.3 Å². The number of halogens is 3. The fourth-order valence-electron chi connectivity index (χ4n) is 1.53. The molecule has 2 aromatic carbocycles. The summed E-state index contributed by atoms with van der Waals surface area (Å²) < 4.78 is 27.7. The van der Waals surface area contributed by atoms with Gasteiger partial charge in [-0.25, -0.2) is 8.42 Å². The van der Waals surface area contributed by atoms with Crippen LogP contribution >= 0.6 is 45.8 Å². The summed E-state index contributed by atoms with van der Waals surface area (Å²) in [5.41, 5.74) is 0.636. The molecule has 0 aliphatic heterocycles. The molecule has 0 aliphatic carbocycles. The SMILES string of the molecule is N#Cc1ccc(S(=O)(=O)Nc2ccc(Cl)cc2I)cc1Cl. The highest BCUT2D eigenvalue weighted by molar-refractivity contribution is 14.1. The number of hydrogen-bond donors (Lipinski definition) is 1. The number of rotatable bonds is 3. The predicted molar refractivity (Wildman–Crippen MR) is 91.1 cm³/mol. The summed E-state index contributed by atoms with van der Waals surface area (Å²) in [4.78, 5) is -0.0164. The van der Waals surface area contributed by atoms with Crippen molar-refractivity contribution in [2.75, 3.05) is 4.72 Å². The molecule has 0 fully saturated rings. The highest BCUT2D eigenvalue weighted by Crippen LogP contribution is 2.26. The second kappa shape index (κ2) is 6.40. The van der Waals surface area contributed by atoms with Crippen molar-refractivity contribution in [3.63, 3.8) is 0 Å². The first-order valence-corrected chi connectivity index (χ1v) is 8.83. The van der Waals surface area contributed by atoms with E-state index >= 15 is 0 Å². The van der Waals surface area contributed by atoms with Crippen molar-refractivity contribution in [1.82, 2.24) is 0 Å². The van der Waals surface area contributed by atoms with E-state index < -0.39 is 10.0 Å². The fraction of sp³-hybridized carbons (Fsp3) is 0. The minimum Gasteiger partial charge on any atom is -0.279 e. The lowest BCUT2D eigenvalue weighted by Gasteiger charge is -2.10. The fourth-order valence-corrected chi connectivity index (χ4v) is 4.11. The molecule has 0 atom stereocenters. The minimum atomic E-state index is -3.79. The summed E-state index contributed by atoms with van der Waals surface area (Å²) in [6.45, 7) is 0. The largest absolute Gasteiger partial charge is 0.279 e.